The normalized spacial score (nSPS) is 9.00. The molecule has 0 fully saturated rings. The van der Waals surface area contributed by atoms with Gasteiger partial charge in [0.1, 0.15) is 0 Å². The van der Waals surface area contributed by atoms with Crippen molar-refractivity contribution in [1.29, 1.82) is 0 Å². The molecule has 1 radical (unpaired) electrons. The summed E-state index contributed by atoms with van der Waals surface area (Å²) in [5.41, 5.74) is 4.24. The molecule has 0 aromatic heterocycles. The standard InChI is InChI=1S/3C8H8O2.Tb/c3*1-6-2-4-7(5-3-6)8(9)10;/h3*2-5H,1H3,(H,9,10);. The number of hydrogen-bond acceptors (Lipinski definition) is 3. The number of hydrogen-bond donors (Lipinski definition) is 3. The van der Waals surface area contributed by atoms with Crippen LogP contribution >= 0.6 is 0 Å². The SMILES string of the molecule is Cc1ccc(C(=O)O)cc1.Cc1ccc(C(=O)O)cc1.Cc1ccc(C(=O)O)cc1.[Tb]. The van der Waals surface area contributed by atoms with E-state index in [4.69, 9.17) is 15.3 Å². The van der Waals surface area contributed by atoms with Gasteiger partial charge in [0.05, 0.1) is 16.7 Å². The maximum absolute atomic E-state index is 10.3. The van der Waals surface area contributed by atoms with E-state index in [1.807, 2.05) is 20.8 Å². The molecule has 0 atom stereocenters. The molecule has 165 valence electrons. The average molecular weight is 567 g/mol. The summed E-state index contributed by atoms with van der Waals surface area (Å²) in [5.74, 6) is -2.62. The van der Waals surface area contributed by atoms with Gasteiger partial charge in [-0.3, -0.25) is 0 Å². The molecule has 0 heterocycles. The molecule has 6 nitrogen and oxygen atoms in total. The van der Waals surface area contributed by atoms with Crippen molar-refractivity contribution in [2.75, 3.05) is 0 Å². The predicted molar refractivity (Wildman–Crippen MR) is 114 cm³/mol. The van der Waals surface area contributed by atoms with Crippen LogP contribution in [-0.2, 0) is 0 Å². The summed E-state index contributed by atoms with van der Waals surface area (Å²) < 4.78 is 0. The number of aryl methyl sites for hydroxylation is 3. The largest absolute Gasteiger partial charge is 0.478 e. The first kappa shape index (κ1) is 28.4. The molecule has 0 aliphatic carbocycles. The molecule has 0 saturated heterocycles. The molecule has 7 heteroatoms. The first-order valence-electron chi connectivity index (χ1n) is 9.00. The average Bonchev–Trinajstić information content (AvgIpc) is 2.70. The minimum atomic E-state index is -0.875. The van der Waals surface area contributed by atoms with Crippen LogP contribution in [-0.4, -0.2) is 33.2 Å². The second kappa shape index (κ2) is 14.4. The van der Waals surface area contributed by atoms with Crippen molar-refractivity contribution in [2.45, 2.75) is 20.8 Å². The van der Waals surface area contributed by atoms with Crippen molar-refractivity contribution < 1.29 is 68.3 Å². The third-order valence-electron chi connectivity index (χ3n) is 3.90. The first-order valence-corrected chi connectivity index (χ1v) is 9.00. The Hall–Kier alpha value is -2.64. The van der Waals surface area contributed by atoms with Gasteiger partial charge in [-0.05, 0) is 57.2 Å². The van der Waals surface area contributed by atoms with Crippen LogP contribution in [0.15, 0.2) is 72.8 Å². The van der Waals surface area contributed by atoms with Crippen LogP contribution in [0, 0.1) is 59.4 Å². The van der Waals surface area contributed by atoms with Crippen molar-refractivity contribution in [3.05, 3.63) is 106 Å². The predicted octanol–water partition coefficient (Wildman–Crippen LogP) is 5.08. The Morgan fingerprint density at radius 2 is 0.613 bits per heavy atom. The molecule has 3 aromatic rings. The van der Waals surface area contributed by atoms with Crippen LogP contribution in [0.3, 0.4) is 0 Å². The van der Waals surface area contributed by atoms with Gasteiger partial charge in [0.2, 0.25) is 0 Å². The molecular weight excluding hydrogens is 543 g/mol. The van der Waals surface area contributed by atoms with E-state index in [2.05, 4.69) is 0 Å². The van der Waals surface area contributed by atoms with E-state index in [1.165, 1.54) is 0 Å². The number of carboxylic acid groups (broad SMARTS) is 3. The maximum atomic E-state index is 10.3. The van der Waals surface area contributed by atoms with Crippen LogP contribution in [0.2, 0.25) is 0 Å². The summed E-state index contributed by atoms with van der Waals surface area (Å²) in [7, 11) is 0. The molecule has 0 amide bonds. The monoisotopic (exact) mass is 567 g/mol. The minimum absolute atomic E-state index is 0. The zero-order valence-electron chi connectivity index (χ0n) is 17.3. The molecule has 3 aromatic carbocycles. The first-order chi connectivity index (χ1) is 14.1. The number of carboxylic acids is 3. The zero-order valence-corrected chi connectivity index (χ0v) is 19.5. The second-order valence-electron chi connectivity index (χ2n) is 6.51. The molecular formula is C24H24O6Tb. The molecule has 0 bridgehead atoms. The topological polar surface area (TPSA) is 112 Å². The third-order valence-corrected chi connectivity index (χ3v) is 3.90. The fourth-order valence-corrected chi connectivity index (χ4v) is 2.09. The van der Waals surface area contributed by atoms with Gasteiger partial charge >= 0.3 is 17.9 Å². The third kappa shape index (κ3) is 11.4. The number of benzene rings is 3. The quantitative estimate of drug-likeness (QED) is 0.407. The van der Waals surface area contributed by atoms with Gasteiger partial charge in [-0.1, -0.05) is 53.1 Å². The van der Waals surface area contributed by atoms with Crippen LogP contribution in [0.1, 0.15) is 47.8 Å². The van der Waals surface area contributed by atoms with E-state index >= 15 is 0 Å². The summed E-state index contributed by atoms with van der Waals surface area (Å²) in [4.78, 5) is 30.9. The molecule has 0 spiro atoms. The maximum Gasteiger partial charge on any atom is 0.335 e. The summed E-state index contributed by atoms with van der Waals surface area (Å²) >= 11 is 0. The fourth-order valence-electron chi connectivity index (χ4n) is 2.09. The Morgan fingerprint density at radius 1 is 0.452 bits per heavy atom. The van der Waals surface area contributed by atoms with Crippen molar-refractivity contribution in [3.63, 3.8) is 0 Å². The zero-order chi connectivity index (χ0) is 22.7. The molecule has 31 heavy (non-hydrogen) atoms. The van der Waals surface area contributed by atoms with Crippen LogP contribution in [0.5, 0.6) is 0 Å². The molecule has 0 aliphatic rings. The van der Waals surface area contributed by atoms with Gasteiger partial charge in [-0.25, -0.2) is 14.4 Å². The Labute approximate surface area is 212 Å². The molecule has 3 rings (SSSR count). The minimum Gasteiger partial charge on any atom is -0.478 e. The van der Waals surface area contributed by atoms with Crippen LogP contribution < -0.4 is 0 Å². The van der Waals surface area contributed by atoms with Crippen LogP contribution in [0.4, 0.5) is 0 Å². The fraction of sp³-hybridized carbons (Fsp3) is 0.125. The molecule has 0 unspecified atom stereocenters. The molecule has 3 N–H and O–H groups in total. The van der Waals surface area contributed by atoms with Crippen molar-refractivity contribution >= 4 is 17.9 Å². The van der Waals surface area contributed by atoms with E-state index in [9.17, 15) is 14.4 Å². The van der Waals surface area contributed by atoms with E-state index in [0.29, 0.717) is 16.7 Å². The van der Waals surface area contributed by atoms with E-state index in [0.717, 1.165) is 16.7 Å². The van der Waals surface area contributed by atoms with Crippen molar-refractivity contribution in [2.24, 2.45) is 0 Å². The van der Waals surface area contributed by atoms with Gasteiger partial charge in [-0.15, -0.1) is 0 Å². The van der Waals surface area contributed by atoms with Gasteiger partial charge in [-0.2, -0.15) is 0 Å². The number of rotatable bonds is 3. The smallest absolute Gasteiger partial charge is 0.335 e. The molecule has 0 aliphatic heterocycles. The van der Waals surface area contributed by atoms with E-state index in [-0.39, 0.29) is 38.6 Å². The van der Waals surface area contributed by atoms with Gasteiger partial charge < -0.3 is 15.3 Å². The Morgan fingerprint density at radius 3 is 0.742 bits per heavy atom. The Bertz CT molecular complexity index is 846. The molecule has 0 saturated carbocycles. The number of carbonyl (C=O) groups is 3. The summed E-state index contributed by atoms with van der Waals surface area (Å²) in [6.07, 6.45) is 0. The second-order valence-corrected chi connectivity index (χ2v) is 6.51. The van der Waals surface area contributed by atoms with Gasteiger partial charge in [0.15, 0.2) is 0 Å². The van der Waals surface area contributed by atoms with Crippen LogP contribution in [0.25, 0.3) is 0 Å². The van der Waals surface area contributed by atoms with E-state index in [1.54, 1.807) is 72.8 Å². The van der Waals surface area contributed by atoms with Crippen molar-refractivity contribution in [3.8, 4) is 0 Å². The number of aromatic carboxylic acids is 3. The van der Waals surface area contributed by atoms with Crippen molar-refractivity contribution in [1.82, 2.24) is 0 Å². The Kier molecular flexibility index (Phi) is 13.2. The van der Waals surface area contributed by atoms with Gasteiger partial charge in [0, 0.05) is 38.6 Å². The van der Waals surface area contributed by atoms with E-state index < -0.39 is 17.9 Å². The summed E-state index contributed by atoms with van der Waals surface area (Å²) in [6, 6.07) is 20.3. The summed E-state index contributed by atoms with van der Waals surface area (Å²) in [6.45, 7) is 5.77. The summed E-state index contributed by atoms with van der Waals surface area (Å²) in [5, 5.41) is 25.4. The van der Waals surface area contributed by atoms with Gasteiger partial charge in [0.25, 0.3) is 0 Å². The Balaban J connectivity index is 0.000000429.